The van der Waals surface area contributed by atoms with Crippen molar-refractivity contribution in [1.82, 2.24) is 5.32 Å². The van der Waals surface area contributed by atoms with Crippen molar-refractivity contribution in [3.63, 3.8) is 0 Å². The number of carbonyl (C=O) groups is 1. The minimum atomic E-state index is -0.217. The van der Waals surface area contributed by atoms with E-state index in [1.54, 1.807) is 0 Å². The van der Waals surface area contributed by atoms with E-state index in [2.05, 4.69) is 43.6 Å². The number of likely N-dealkylation sites (N-methyl/N-ethyl adjacent to an activating group) is 1. The van der Waals surface area contributed by atoms with E-state index in [0.29, 0.717) is 6.04 Å². The van der Waals surface area contributed by atoms with Crippen molar-refractivity contribution in [3.8, 4) is 0 Å². The minimum Gasteiger partial charge on any atom is -0.367 e. The van der Waals surface area contributed by atoms with Crippen LogP contribution in [-0.2, 0) is 4.79 Å². The molecule has 1 amide bonds. The standard InChI is InChI=1S/C16H20BrN3O/c1-2-18-15-11-6-12(17)14(7-13(11)19-16(15)21)20-8-9-3-4-10(20)5-9/h6-7,9-10,15,18H,2-5,8H2,1H3,(H,19,21). The average molecular weight is 350 g/mol. The van der Waals surface area contributed by atoms with Gasteiger partial charge in [-0.1, -0.05) is 6.92 Å². The van der Waals surface area contributed by atoms with Crippen LogP contribution in [0.5, 0.6) is 0 Å². The number of halogens is 1. The van der Waals surface area contributed by atoms with Gasteiger partial charge in [0.15, 0.2) is 0 Å². The quantitative estimate of drug-likeness (QED) is 0.881. The maximum Gasteiger partial charge on any atom is 0.246 e. The molecule has 3 atom stereocenters. The highest BCUT2D eigenvalue weighted by molar-refractivity contribution is 9.10. The van der Waals surface area contributed by atoms with Gasteiger partial charge in [-0.15, -0.1) is 0 Å². The Balaban J connectivity index is 1.69. The van der Waals surface area contributed by atoms with E-state index in [-0.39, 0.29) is 11.9 Å². The van der Waals surface area contributed by atoms with E-state index >= 15 is 0 Å². The lowest BCUT2D eigenvalue weighted by molar-refractivity contribution is -0.117. The first kappa shape index (κ1) is 13.6. The molecule has 4 rings (SSSR count). The Morgan fingerprint density at radius 3 is 2.95 bits per heavy atom. The smallest absolute Gasteiger partial charge is 0.246 e. The van der Waals surface area contributed by atoms with Crippen LogP contribution in [0.25, 0.3) is 0 Å². The molecule has 5 heteroatoms. The van der Waals surface area contributed by atoms with Gasteiger partial charge in [-0.25, -0.2) is 0 Å². The number of benzene rings is 1. The number of fused-ring (bicyclic) bond motifs is 3. The molecule has 2 N–H and O–H groups in total. The third-order valence-electron chi connectivity index (χ3n) is 5.08. The highest BCUT2D eigenvalue weighted by atomic mass is 79.9. The van der Waals surface area contributed by atoms with Crippen LogP contribution in [0.3, 0.4) is 0 Å². The maximum atomic E-state index is 12.1. The second kappa shape index (κ2) is 4.99. The predicted octanol–water partition coefficient (Wildman–Crippen LogP) is 3.04. The van der Waals surface area contributed by atoms with Crippen molar-refractivity contribution in [3.05, 3.63) is 22.2 Å². The van der Waals surface area contributed by atoms with Crippen LogP contribution in [0, 0.1) is 5.92 Å². The molecule has 21 heavy (non-hydrogen) atoms. The van der Waals surface area contributed by atoms with Crippen molar-refractivity contribution in [2.45, 2.75) is 38.3 Å². The fourth-order valence-corrected chi connectivity index (χ4v) is 4.71. The molecule has 3 aliphatic rings. The topological polar surface area (TPSA) is 44.4 Å². The first-order chi connectivity index (χ1) is 10.2. The first-order valence-corrected chi connectivity index (χ1v) is 8.61. The molecule has 2 fully saturated rings. The summed E-state index contributed by atoms with van der Waals surface area (Å²) < 4.78 is 1.10. The van der Waals surface area contributed by atoms with Crippen molar-refractivity contribution in [1.29, 1.82) is 0 Å². The Bertz CT molecular complexity index is 603. The second-order valence-electron chi connectivity index (χ2n) is 6.36. The van der Waals surface area contributed by atoms with E-state index in [9.17, 15) is 4.79 Å². The van der Waals surface area contributed by atoms with E-state index in [1.165, 1.54) is 24.9 Å². The highest BCUT2D eigenvalue weighted by Crippen LogP contribution is 2.45. The third-order valence-corrected chi connectivity index (χ3v) is 5.71. The van der Waals surface area contributed by atoms with Crippen LogP contribution in [0.2, 0.25) is 0 Å². The molecule has 0 radical (unpaired) electrons. The molecule has 2 heterocycles. The molecule has 2 bridgehead atoms. The molecular weight excluding hydrogens is 330 g/mol. The molecule has 1 saturated carbocycles. The van der Waals surface area contributed by atoms with E-state index in [1.807, 2.05) is 6.92 Å². The summed E-state index contributed by atoms with van der Waals surface area (Å²) in [6.07, 6.45) is 4.01. The van der Waals surface area contributed by atoms with Gasteiger partial charge in [0.2, 0.25) is 5.91 Å². The SMILES string of the molecule is CCNC1C(=O)Nc2cc(N3CC4CCC3C4)c(Br)cc21. The van der Waals surface area contributed by atoms with E-state index < -0.39 is 0 Å². The fraction of sp³-hybridized carbons (Fsp3) is 0.562. The molecule has 0 spiro atoms. The number of hydrogen-bond donors (Lipinski definition) is 2. The average Bonchev–Trinajstić information content (AvgIpc) is 3.14. The number of rotatable bonds is 3. The number of piperidine rings is 1. The minimum absolute atomic E-state index is 0.0545. The molecule has 1 aromatic rings. The second-order valence-corrected chi connectivity index (χ2v) is 7.21. The first-order valence-electron chi connectivity index (χ1n) is 7.81. The number of carbonyl (C=O) groups excluding carboxylic acids is 1. The lowest BCUT2D eigenvalue weighted by atomic mass is 10.1. The normalized spacial score (nSPS) is 29.9. The van der Waals surface area contributed by atoms with Gasteiger partial charge < -0.3 is 15.5 Å². The van der Waals surface area contributed by atoms with Gasteiger partial charge in [-0.3, -0.25) is 4.79 Å². The predicted molar refractivity (Wildman–Crippen MR) is 87.7 cm³/mol. The van der Waals surface area contributed by atoms with E-state index in [0.717, 1.165) is 34.7 Å². The van der Waals surface area contributed by atoms with Gasteiger partial charge in [0, 0.05) is 28.3 Å². The third kappa shape index (κ3) is 2.09. The zero-order valence-corrected chi connectivity index (χ0v) is 13.7. The summed E-state index contributed by atoms with van der Waals surface area (Å²) in [6.45, 7) is 3.97. The van der Waals surface area contributed by atoms with Gasteiger partial charge in [0.1, 0.15) is 6.04 Å². The summed E-state index contributed by atoms with van der Waals surface area (Å²) in [5.41, 5.74) is 3.26. The maximum absolute atomic E-state index is 12.1. The Labute approximate surface area is 133 Å². The van der Waals surface area contributed by atoms with Crippen molar-refractivity contribution < 1.29 is 4.79 Å². The lowest BCUT2D eigenvalue weighted by Gasteiger charge is -2.30. The van der Waals surface area contributed by atoms with Gasteiger partial charge in [-0.05, 0) is 59.8 Å². The summed E-state index contributed by atoms with van der Waals surface area (Å²) in [7, 11) is 0. The van der Waals surface area contributed by atoms with Crippen LogP contribution in [0.15, 0.2) is 16.6 Å². The summed E-state index contributed by atoms with van der Waals surface area (Å²) in [5, 5.41) is 6.27. The van der Waals surface area contributed by atoms with Crippen molar-refractivity contribution in [2.24, 2.45) is 5.92 Å². The summed E-state index contributed by atoms with van der Waals surface area (Å²) in [4.78, 5) is 14.6. The molecule has 1 aliphatic carbocycles. The molecule has 4 nitrogen and oxygen atoms in total. The van der Waals surface area contributed by atoms with Gasteiger partial charge in [-0.2, -0.15) is 0 Å². The number of nitrogens with one attached hydrogen (secondary N) is 2. The largest absolute Gasteiger partial charge is 0.367 e. The van der Waals surface area contributed by atoms with Crippen molar-refractivity contribution in [2.75, 3.05) is 23.3 Å². The monoisotopic (exact) mass is 349 g/mol. The zero-order chi connectivity index (χ0) is 14.6. The number of amides is 1. The molecule has 3 unspecified atom stereocenters. The lowest BCUT2D eigenvalue weighted by Crippen LogP contribution is -2.32. The number of hydrogen-bond acceptors (Lipinski definition) is 3. The molecule has 0 aromatic heterocycles. The zero-order valence-electron chi connectivity index (χ0n) is 12.2. The van der Waals surface area contributed by atoms with Gasteiger partial charge >= 0.3 is 0 Å². The summed E-state index contributed by atoms with van der Waals surface area (Å²) in [6, 6.07) is 4.73. The van der Waals surface area contributed by atoms with Crippen LogP contribution < -0.4 is 15.5 Å². The van der Waals surface area contributed by atoms with Gasteiger partial charge in [0.05, 0.1) is 5.69 Å². The number of nitrogens with zero attached hydrogens (tertiary/aromatic N) is 1. The molecule has 112 valence electrons. The van der Waals surface area contributed by atoms with Gasteiger partial charge in [0.25, 0.3) is 0 Å². The number of anilines is 2. The Hall–Kier alpha value is -1.07. The molecular formula is C16H20BrN3O. The molecule has 1 aromatic carbocycles. The van der Waals surface area contributed by atoms with Crippen molar-refractivity contribution >= 4 is 33.2 Å². The molecule has 1 saturated heterocycles. The Kier molecular flexibility index (Phi) is 3.23. The van der Waals surface area contributed by atoms with Crippen LogP contribution >= 0.6 is 15.9 Å². The van der Waals surface area contributed by atoms with Crippen LogP contribution in [0.4, 0.5) is 11.4 Å². The Morgan fingerprint density at radius 1 is 1.43 bits per heavy atom. The van der Waals surface area contributed by atoms with Crippen LogP contribution in [0.1, 0.15) is 37.8 Å². The summed E-state index contributed by atoms with van der Waals surface area (Å²) in [5.74, 6) is 0.915. The van der Waals surface area contributed by atoms with E-state index in [4.69, 9.17) is 0 Å². The van der Waals surface area contributed by atoms with Crippen LogP contribution in [-0.4, -0.2) is 25.0 Å². The molecule has 2 aliphatic heterocycles. The fourth-order valence-electron chi connectivity index (χ4n) is 4.12. The highest BCUT2D eigenvalue weighted by Gasteiger charge is 2.39. The summed E-state index contributed by atoms with van der Waals surface area (Å²) >= 11 is 3.72. The Morgan fingerprint density at radius 2 is 2.29 bits per heavy atom.